The van der Waals surface area contributed by atoms with E-state index in [2.05, 4.69) is 20.3 Å². The van der Waals surface area contributed by atoms with Crippen molar-refractivity contribution in [1.82, 2.24) is 24.8 Å². The van der Waals surface area contributed by atoms with E-state index >= 15 is 0 Å². The van der Waals surface area contributed by atoms with Gasteiger partial charge in [0.05, 0.1) is 18.9 Å². The van der Waals surface area contributed by atoms with Crippen molar-refractivity contribution >= 4 is 22.2 Å². The number of morpholine rings is 1. The van der Waals surface area contributed by atoms with Crippen LogP contribution in [0.15, 0.2) is 5.51 Å². The van der Waals surface area contributed by atoms with E-state index in [1.54, 1.807) is 10.0 Å². The van der Waals surface area contributed by atoms with Gasteiger partial charge in [-0.2, -0.15) is 9.61 Å². The van der Waals surface area contributed by atoms with Crippen LogP contribution in [0.25, 0.3) is 4.96 Å². The Hall–Kier alpha value is -1.51. The number of aromatic nitrogens is 3. The summed E-state index contributed by atoms with van der Waals surface area (Å²) < 4.78 is 6.89. The van der Waals surface area contributed by atoms with Crippen molar-refractivity contribution in [3.63, 3.8) is 0 Å². The van der Waals surface area contributed by atoms with Crippen LogP contribution in [0.2, 0.25) is 0 Å². The van der Waals surface area contributed by atoms with Crippen LogP contribution in [-0.2, 0) is 4.74 Å². The molecule has 1 aliphatic heterocycles. The van der Waals surface area contributed by atoms with E-state index in [-0.39, 0.29) is 5.91 Å². The average molecular weight is 295 g/mol. The van der Waals surface area contributed by atoms with Crippen molar-refractivity contribution in [1.29, 1.82) is 0 Å². The Balaban J connectivity index is 1.58. The van der Waals surface area contributed by atoms with Gasteiger partial charge in [0.2, 0.25) is 4.96 Å². The molecule has 8 heteroatoms. The molecule has 1 amide bonds. The minimum absolute atomic E-state index is 0.117. The van der Waals surface area contributed by atoms with Crippen LogP contribution in [-0.4, -0.2) is 64.8 Å². The lowest BCUT2D eigenvalue weighted by Crippen LogP contribution is -2.41. The predicted molar refractivity (Wildman–Crippen MR) is 75.2 cm³/mol. The first kappa shape index (κ1) is 13.5. The van der Waals surface area contributed by atoms with Crippen molar-refractivity contribution in [3.8, 4) is 0 Å². The van der Waals surface area contributed by atoms with E-state index in [0.29, 0.717) is 17.9 Å². The lowest BCUT2D eigenvalue weighted by atomic mass is 10.3. The summed E-state index contributed by atoms with van der Waals surface area (Å²) in [6, 6.07) is 0. The van der Waals surface area contributed by atoms with Crippen LogP contribution in [0.4, 0.5) is 0 Å². The lowest BCUT2D eigenvalue weighted by Gasteiger charge is -2.26. The van der Waals surface area contributed by atoms with Crippen molar-refractivity contribution < 1.29 is 9.53 Å². The van der Waals surface area contributed by atoms with Crippen LogP contribution in [0.5, 0.6) is 0 Å². The first-order valence-corrected chi connectivity index (χ1v) is 7.51. The molecule has 2 aromatic heterocycles. The highest BCUT2D eigenvalue weighted by atomic mass is 32.1. The van der Waals surface area contributed by atoms with Crippen molar-refractivity contribution in [2.75, 3.05) is 39.4 Å². The van der Waals surface area contributed by atoms with Gasteiger partial charge in [-0.15, -0.1) is 0 Å². The molecule has 1 N–H and O–H groups in total. The largest absolute Gasteiger partial charge is 0.379 e. The number of rotatable bonds is 4. The number of carbonyl (C=O) groups is 1. The Morgan fingerprint density at radius 2 is 2.30 bits per heavy atom. The van der Waals surface area contributed by atoms with Crippen LogP contribution >= 0.6 is 11.3 Å². The van der Waals surface area contributed by atoms with E-state index in [4.69, 9.17) is 4.74 Å². The molecule has 1 saturated heterocycles. The number of imidazole rings is 1. The molecule has 0 spiro atoms. The molecule has 3 rings (SSSR count). The van der Waals surface area contributed by atoms with Crippen molar-refractivity contribution in [2.45, 2.75) is 6.92 Å². The van der Waals surface area contributed by atoms with Gasteiger partial charge in [0.25, 0.3) is 5.91 Å². The van der Waals surface area contributed by atoms with E-state index in [1.807, 2.05) is 6.92 Å². The summed E-state index contributed by atoms with van der Waals surface area (Å²) in [6.07, 6.45) is 0. The van der Waals surface area contributed by atoms with Gasteiger partial charge in [-0.3, -0.25) is 9.69 Å². The van der Waals surface area contributed by atoms with Gasteiger partial charge in [-0.25, -0.2) is 4.98 Å². The number of aryl methyl sites for hydroxylation is 1. The van der Waals surface area contributed by atoms with Crippen molar-refractivity contribution in [2.24, 2.45) is 0 Å². The smallest absolute Gasteiger partial charge is 0.271 e. The third kappa shape index (κ3) is 2.67. The Morgan fingerprint density at radius 1 is 1.50 bits per heavy atom. The molecular weight excluding hydrogens is 278 g/mol. The first-order chi connectivity index (χ1) is 9.75. The Bertz CT molecular complexity index is 602. The molecular formula is C12H17N5O2S. The molecule has 2 aromatic rings. The summed E-state index contributed by atoms with van der Waals surface area (Å²) in [5, 5.41) is 7.08. The van der Waals surface area contributed by atoms with Gasteiger partial charge >= 0.3 is 0 Å². The number of amides is 1. The summed E-state index contributed by atoms with van der Waals surface area (Å²) >= 11 is 1.42. The van der Waals surface area contributed by atoms with Gasteiger partial charge in [0, 0.05) is 26.2 Å². The maximum Gasteiger partial charge on any atom is 0.271 e. The number of hydrogen-bond donors (Lipinski definition) is 1. The normalized spacial score (nSPS) is 16.6. The molecule has 20 heavy (non-hydrogen) atoms. The van der Waals surface area contributed by atoms with Gasteiger partial charge in [-0.05, 0) is 6.92 Å². The van der Waals surface area contributed by atoms with Crippen LogP contribution in [0, 0.1) is 6.92 Å². The second-order valence-electron chi connectivity index (χ2n) is 4.69. The van der Waals surface area contributed by atoms with Crippen molar-refractivity contribution in [3.05, 3.63) is 16.9 Å². The zero-order valence-electron chi connectivity index (χ0n) is 11.3. The Labute approximate surface area is 120 Å². The third-order valence-corrected chi connectivity index (χ3v) is 4.03. The number of hydrogen-bond acceptors (Lipinski definition) is 6. The summed E-state index contributed by atoms with van der Waals surface area (Å²) in [7, 11) is 0. The minimum atomic E-state index is -0.117. The number of nitrogens with one attached hydrogen (secondary N) is 1. The minimum Gasteiger partial charge on any atom is -0.379 e. The fourth-order valence-electron chi connectivity index (χ4n) is 2.29. The average Bonchev–Trinajstić information content (AvgIpc) is 2.99. The van der Waals surface area contributed by atoms with Crippen LogP contribution in [0.3, 0.4) is 0 Å². The molecule has 0 unspecified atom stereocenters. The van der Waals surface area contributed by atoms with E-state index in [1.165, 1.54) is 11.3 Å². The predicted octanol–water partition coefficient (Wildman–Crippen LogP) is 0.161. The zero-order chi connectivity index (χ0) is 13.9. The SMILES string of the molecule is Cc1nc2scnn2c1C(=O)NCCN1CCOCC1. The molecule has 0 bridgehead atoms. The molecule has 0 aromatic carbocycles. The lowest BCUT2D eigenvalue weighted by molar-refractivity contribution is 0.0383. The fourth-order valence-corrected chi connectivity index (χ4v) is 2.95. The summed E-state index contributed by atoms with van der Waals surface area (Å²) in [4.78, 5) is 19.6. The third-order valence-electron chi connectivity index (χ3n) is 3.35. The van der Waals surface area contributed by atoms with E-state index in [0.717, 1.165) is 37.8 Å². The summed E-state index contributed by atoms with van der Waals surface area (Å²) in [5.41, 5.74) is 2.93. The molecule has 1 fully saturated rings. The highest BCUT2D eigenvalue weighted by Gasteiger charge is 2.18. The molecule has 108 valence electrons. The van der Waals surface area contributed by atoms with Crippen LogP contribution in [0.1, 0.15) is 16.2 Å². The molecule has 0 saturated carbocycles. The monoisotopic (exact) mass is 295 g/mol. The van der Waals surface area contributed by atoms with Crippen LogP contribution < -0.4 is 5.32 Å². The second kappa shape index (κ2) is 5.86. The number of ether oxygens (including phenoxy) is 1. The number of carbonyl (C=O) groups excluding carboxylic acids is 1. The molecule has 0 atom stereocenters. The summed E-state index contributed by atoms with van der Waals surface area (Å²) in [6.45, 7) is 6.70. The number of fused-ring (bicyclic) bond motifs is 1. The van der Waals surface area contributed by atoms with E-state index < -0.39 is 0 Å². The highest BCUT2D eigenvalue weighted by Crippen LogP contribution is 2.14. The molecule has 3 heterocycles. The number of nitrogens with zero attached hydrogens (tertiary/aromatic N) is 4. The molecule has 7 nitrogen and oxygen atoms in total. The molecule has 0 radical (unpaired) electrons. The standard InChI is InChI=1S/C12H17N5O2S/c1-9-10(17-12(15-9)20-8-14-17)11(18)13-2-3-16-4-6-19-7-5-16/h8H,2-7H2,1H3,(H,13,18). The highest BCUT2D eigenvalue weighted by molar-refractivity contribution is 7.14. The molecule has 1 aliphatic rings. The quantitative estimate of drug-likeness (QED) is 0.870. The van der Waals surface area contributed by atoms with Gasteiger partial charge in [0.15, 0.2) is 5.69 Å². The topological polar surface area (TPSA) is 71.8 Å². The van der Waals surface area contributed by atoms with E-state index in [9.17, 15) is 4.79 Å². The first-order valence-electron chi connectivity index (χ1n) is 6.63. The summed E-state index contributed by atoms with van der Waals surface area (Å²) in [5.74, 6) is -0.117. The van der Waals surface area contributed by atoms with Gasteiger partial charge in [-0.1, -0.05) is 11.3 Å². The Kier molecular flexibility index (Phi) is 3.95. The zero-order valence-corrected chi connectivity index (χ0v) is 12.2. The van der Waals surface area contributed by atoms with Gasteiger partial charge < -0.3 is 10.1 Å². The maximum atomic E-state index is 12.2. The molecule has 0 aliphatic carbocycles. The fraction of sp³-hybridized carbons (Fsp3) is 0.583. The van der Waals surface area contributed by atoms with Gasteiger partial charge in [0.1, 0.15) is 5.51 Å². The second-order valence-corrected chi connectivity index (χ2v) is 5.50. The maximum absolute atomic E-state index is 12.2. The Morgan fingerprint density at radius 3 is 3.10 bits per heavy atom.